The SMILES string of the molecule is CN1CCC(c2ccc(Nc3ncc4cc(-c5cnc(-c6cocn6)nc5)c(=O)n(C5CCOC5)c4n3)cc2)C1. The van der Waals surface area contributed by atoms with Crippen LogP contribution in [0.3, 0.4) is 0 Å². The van der Waals surface area contributed by atoms with Crippen LogP contribution in [0, 0.1) is 0 Å². The molecule has 2 fully saturated rings. The number of nitrogens with one attached hydrogen (secondary N) is 1. The summed E-state index contributed by atoms with van der Waals surface area (Å²) in [5.74, 6) is 1.42. The number of oxazole rings is 1. The molecule has 2 unspecified atom stereocenters. The number of likely N-dealkylation sites (N-methyl/N-ethyl adjacent to an activating group) is 1. The molecule has 11 nitrogen and oxygen atoms in total. The maximum absolute atomic E-state index is 13.9. The van der Waals surface area contributed by atoms with E-state index in [1.165, 1.54) is 24.6 Å². The normalized spacial score (nSPS) is 19.4. The highest BCUT2D eigenvalue weighted by Crippen LogP contribution is 2.29. The molecule has 6 heterocycles. The first-order valence-electron chi connectivity index (χ1n) is 13.4. The van der Waals surface area contributed by atoms with E-state index in [1.807, 2.05) is 0 Å². The van der Waals surface area contributed by atoms with Gasteiger partial charge < -0.3 is 19.4 Å². The molecule has 2 aliphatic rings. The van der Waals surface area contributed by atoms with Crippen LogP contribution < -0.4 is 10.9 Å². The number of likely N-dealkylation sites (tertiary alicyclic amines) is 1. The predicted molar refractivity (Wildman–Crippen MR) is 149 cm³/mol. The summed E-state index contributed by atoms with van der Waals surface area (Å²) in [5.41, 5.74) is 4.23. The molecule has 0 radical (unpaired) electrons. The zero-order valence-electron chi connectivity index (χ0n) is 22.0. The number of anilines is 2. The Morgan fingerprint density at radius 1 is 1.02 bits per heavy atom. The van der Waals surface area contributed by atoms with Gasteiger partial charge in [0.1, 0.15) is 17.6 Å². The topological polar surface area (TPSA) is 124 Å². The van der Waals surface area contributed by atoms with E-state index in [4.69, 9.17) is 14.1 Å². The molecule has 11 heteroatoms. The Morgan fingerprint density at radius 2 is 1.88 bits per heavy atom. The van der Waals surface area contributed by atoms with Crippen LogP contribution in [0.5, 0.6) is 0 Å². The standard InChI is InChI=1S/C29H28N8O3/c1-36-8-6-19(14-36)18-2-4-22(5-3-18)34-29-32-11-20-10-24(21-12-30-26(31-13-21)25-16-40-17-33-25)28(38)37(27(20)35-29)23-7-9-39-15-23/h2-5,10-13,16-17,19,23H,6-9,14-15H2,1H3,(H,32,34,35). The summed E-state index contributed by atoms with van der Waals surface area (Å²) in [7, 11) is 2.16. The smallest absolute Gasteiger partial charge is 0.260 e. The Labute approximate surface area is 229 Å². The lowest BCUT2D eigenvalue weighted by atomic mass is 9.98. The van der Waals surface area contributed by atoms with Gasteiger partial charge in [0, 0.05) is 48.4 Å². The number of ether oxygens (including phenoxy) is 1. The number of hydrogen-bond acceptors (Lipinski definition) is 10. The van der Waals surface area contributed by atoms with E-state index in [-0.39, 0.29) is 11.6 Å². The van der Waals surface area contributed by atoms with Crippen molar-refractivity contribution in [1.82, 2.24) is 34.4 Å². The highest BCUT2D eigenvalue weighted by atomic mass is 16.5. The summed E-state index contributed by atoms with van der Waals surface area (Å²) in [4.78, 5) is 38.5. The lowest BCUT2D eigenvalue weighted by Gasteiger charge is -2.17. The zero-order chi connectivity index (χ0) is 27.1. The van der Waals surface area contributed by atoms with Gasteiger partial charge in [-0.1, -0.05) is 12.1 Å². The lowest BCUT2D eigenvalue weighted by molar-refractivity contribution is 0.186. The largest absolute Gasteiger partial charge is 0.451 e. The maximum Gasteiger partial charge on any atom is 0.260 e. The van der Waals surface area contributed by atoms with Gasteiger partial charge >= 0.3 is 0 Å². The number of benzene rings is 1. The molecule has 7 rings (SSSR count). The Bertz CT molecular complexity index is 1700. The van der Waals surface area contributed by atoms with Crippen LogP contribution >= 0.6 is 0 Å². The summed E-state index contributed by atoms with van der Waals surface area (Å²) >= 11 is 0. The third-order valence-corrected chi connectivity index (χ3v) is 7.70. The Morgan fingerprint density at radius 3 is 2.58 bits per heavy atom. The van der Waals surface area contributed by atoms with E-state index < -0.39 is 0 Å². The summed E-state index contributed by atoms with van der Waals surface area (Å²) in [6, 6.07) is 10.1. The van der Waals surface area contributed by atoms with Crippen LogP contribution in [-0.2, 0) is 4.74 Å². The van der Waals surface area contributed by atoms with Gasteiger partial charge in [-0.05, 0) is 56.1 Å². The summed E-state index contributed by atoms with van der Waals surface area (Å²) in [6.45, 7) is 3.26. The van der Waals surface area contributed by atoms with Crippen LogP contribution in [0.2, 0.25) is 0 Å². The molecule has 0 saturated carbocycles. The highest BCUT2D eigenvalue weighted by Gasteiger charge is 2.24. The fourth-order valence-electron chi connectivity index (χ4n) is 5.55. The van der Waals surface area contributed by atoms with Crippen molar-refractivity contribution in [3.05, 3.63) is 77.5 Å². The molecule has 4 aromatic heterocycles. The monoisotopic (exact) mass is 536 g/mol. The van der Waals surface area contributed by atoms with Crippen molar-refractivity contribution in [3.63, 3.8) is 0 Å². The number of pyridine rings is 1. The second-order valence-corrected chi connectivity index (χ2v) is 10.4. The van der Waals surface area contributed by atoms with Gasteiger partial charge in [-0.15, -0.1) is 0 Å². The zero-order valence-corrected chi connectivity index (χ0v) is 22.0. The number of fused-ring (bicyclic) bond motifs is 1. The summed E-state index contributed by atoms with van der Waals surface area (Å²) in [5, 5.41) is 4.06. The van der Waals surface area contributed by atoms with Crippen molar-refractivity contribution in [3.8, 4) is 22.6 Å². The van der Waals surface area contributed by atoms with Gasteiger partial charge in [-0.2, -0.15) is 4.98 Å². The Balaban J connectivity index is 1.23. The van der Waals surface area contributed by atoms with Gasteiger partial charge in [0.25, 0.3) is 5.56 Å². The number of nitrogens with zero attached hydrogens (tertiary/aromatic N) is 7. The molecular weight excluding hydrogens is 508 g/mol. The quantitative estimate of drug-likeness (QED) is 0.340. The van der Waals surface area contributed by atoms with Crippen LogP contribution in [-0.4, -0.2) is 67.7 Å². The van der Waals surface area contributed by atoms with E-state index in [1.54, 1.807) is 29.2 Å². The minimum atomic E-state index is -0.170. The third kappa shape index (κ3) is 4.63. The van der Waals surface area contributed by atoms with Crippen molar-refractivity contribution in [2.75, 3.05) is 38.7 Å². The van der Waals surface area contributed by atoms with Crippen molar-refractivity contribution < 1.29 is 9.15 Å². The minimum Gasteiger partial charge on any atom is -0.451 e. The Hall–Kier alpha value is -4.48. The van der Waals surface area contributed by atoms with Crippen molar-refractivity contribution in [2.45, 2.75) is 24.8 Å². The fraction of sp³-hybridized carbons (Fsp3) is 0.310. The van der Waals surface area contributed by atoms with Gasteiger partial charge in [-0.25, -0.2) is 19.9 Å². The molecule has 1 N–H and O–H groups in total. The summed E-state index contributed by atoms with van der Waals surface area (Å²) < 4.78 is 12.4. The number of rotatable bonds is 6. The highest BCUT2D eigenvalue weighted by molar-refractivity contribution is 5.82. The Kier molecular flexibility index (Phi) is 6.29. The van der Waals surface area contributed by atoms with Crippen LogP contribution in [0.4, 0.5) is 11.6 Å². The molecule has 2 aliphatic heterocycles. The van der Waals surface area contributed by atoms with Crippen LogP contribution in [0.25, 0.3) is 33.7 Å². The van der Waals surface area contributed by atoms with Gasteiger partial charge in [0.15, 0.2) is 12.2 Å². The number of aromatic nitrogens is 6. The van der Waals surface area contributed by atoms with E-state index >= 15 is 0 Å². The first-order valence-corrected chi connectivity index (χ1v) is 13.4. The average molecular weight is 537 g/mol. The van der Waals surface area contributed by atoms with E-state index in [0.717, 1.165) is 30.6 Å². The van der Waals surface area contributed by atoms with Crippen molar-refractivity contribution in [1.29, 1.82) is 0 Å². The average Bonchev–Trinajstić information content (AvgIpc) is 3.77. The molecule has 0 aliphatic carbocycles. The van der Waals surface area contributed by atoms with Crippen LogP contribution in [0.1, 0.15) is 30.4 Å². The number of hydrogen-bond donors (Lipinski definition) is 1. The van der Waals surface area contributed by atoms with Gasteiger partial charge in [0.2, 0.25) is 5.95 Å². The van der Waals surface area contributed by atoms with Gasteiger partial charge in [0.05, 0.1) is 18.2 Å². The van der Waals surface area contributed by atoms with E-state index in [0.29, 0.717) is 53.4 Å². The van der Waals surface area contributed by atoms with Crippen molar-refractivity contribution >= 4 is 22.7 Å². The molecule has 40 heavy (non-hydrogen) atoms. The first-order chi connectivity index (χ1) is 19.6. The predicted octanol–water partition coefficient (Wildman–Crippen LogP) is 4.03. The second kappa shape index (κ2) is 10.2. The molecule has 202 valence electrons. The fourth-order valence-corrected chi connectivity index (χ4v) is 5.55. The maximum atomic E-state index is 13.9. The van der Waals surface area contributed by atoms with E-state index in [2.05, 4.69) is 61.5 Å². The molecule has 0 bridgehead atoms. The lowest BCUT2D eigenvalue weighted by Crippen LogP contribution is -2.27. The second-order valence-electron chi connectivity index (χ2n) is 10.4. The van der Waals surface area contributed by atoms with Crippen LogP contribution in [0.15, 0.2) is 70.8 Å². The van der Waals surface area contributed by atoms with E-state index in [9.17, 15) is 4.79 Å². The molecular formula is C29H28N8O3. The summed E-state index contributed by atoms with van der Waals surface area (Å²) in [6.07, 6.45) is 9.70. The molecule has 1 aromatic carbocycles. The molecule has 5 aromatic rings. The van der Waals surface area contributed by atoms with Gasteiger partial charge in [-0.3, -0.25) is 9.36 Å². The molecule has 0 amide bonds. The molecule has 2 atom stereocenters. The third-order valence-electron chi connectivity index (χ3n) is 7.70. The first kappa shape index (κ1) is 24.6. The minimum absolute atomic E-state index is 0.128. The molecule has 0 spiro atoms. The van der Waals surface area contributed by atoms with Crippen molar-refractivity contribution in [2.24, 2.45) is 0 Å². The molecule has 2 saturated heterocycles.